The van der Waals surface area contributed by atoms with E-state index in [1.165, 1.54) is 18.3 Å². The predicted octanol–water partition coefficient (Wildman–Crippen LogP) is 5.68. The molecule has 1 fully saturated rings. The Labute approximate surface area is 208 Å². The predicted molar refractivity (Wildman–Crippen MR) is 123 cm³/mol. The van der Waals surface area contributed by atoms with E-state index in [1.54, 1.807) is 6.92 Å². The number of nitrogen functional groups attached to an aromatic ring is 1. The summed E-state index contributed by atoms with van der Waals surface area (Å²) in [4.78, 5) is 22.9. The number of carbonyl (C=O) groups excluding carboxylic acids is 1. The number of aromatic amines is 1. The van der Waals surface area contributed by atoms with Gasteiger partial charge in [0, 0.05) is 23.7 Å². The van der Waals surface area contributed by atoms with E-state index in [0.717, 1.165) is 42.5 Å². The number of hydrogen-bond acceptors (Lipinski definition) is 5. The maximum atomic E-state index is 13.6. The zero-order valence-electron chi connectivity index (χ0n) is 19.7. The van der Waals surface area contributed by atoms with E-state index in [2.05, 4.69) is 15.1 Å². The molecule has 1 aliphatic rings. The lowest BCUT2D eigenvalue weighted by Crippen LogP contribution is -2.46. The van der Waals surface area contributed by atoms with Gasteiger partial charge in [0.2, 0.25) is 5.95 Å². The second-order valence-electron chi connectivity index (χ2n) is 9.20. The Balaban J connectivity index is 1.81. The average molecular weight is 526 g/mol. The van der Waals surface area contributed by atoms with Gasteiger partial charge < -0.3 is 5.73 Å². The number of halogens is 6. The zero-order valence-corrected chi connectivity index (χ0v) is 19.7. The van der Waals surface area contributed by atoms with Gasteiger partial charge in [0.15, 0.2) is 5.69 Å². The first-order valence-electron chi connectivity index (χ1n) is 11.5. The van der Waals surface area contributed by atoms with Crippen molar-refractivity contribution in [1.29, 1.82) is 0 Å². The van der Waals surface area contributed by atoms with E-state index in [0.29, 0.717) is 24.0 Å². The minimum absolute atomic E-state index is 0.0401. The number of anilines is 2. The van der Waals surface area contributed by atoms with Crippen molar-refractivity contribution in [2.75, 3.05) is 17.2 Å². The van der Waals surface area contributed by atoms with Crippen molar-refractivity contribution in [3.8, 4) is 0 Å². The fourth-order valence-electron chi connectivity index (χ4n) is 4.70. The summed E-state index contributed by atoms with van der Waals surface area (Å²) in [7, 11) is 0. The molecule has 1 aliphatic carbocycles. The highest BCUT2D eigenvalue weighted by molar-refractivity contribution is 6.06. The Kier molecular flexibility index (Phi) is 6.91. The third-order valence-corrected chi connectivity index (χ3v) is 6.73. The van der Waals surface area contributed by atoms with Gasteiger partial charge in [0.1, 0.15) is 5.82 Å². The summed E-state index contributed by atoms with van der Waals surface area (Å²) in [5, 5.41) is 5.23. The summed E-state index contributed by atoms with van der Waals surface area (Å²) >= 11 is 0. The number of nitrogens with zero attached hydrogens (tertiary/aromatic N) is 4. The van der Waals surface area contributed by atoms with Gasteiger partial charge in [-0.05, 0) is 37.5 Å². The van der Waals surface area contributed by atoms with E-state index in [9.17, 15) is 31.1 Å². The number of nitrogens with one attached hydrogen (secondary N) is 1. The van der Waals surface area contributed by atoms with E-state index < -0.39 is 40.5 Å². The van der Waals surface area contributed by atoms with Crippen LogP contribution in [0.2, 0.25) is 0 Å². The standard InChI is InChI=1S/C24H24F6N6O/c1-14-11-32-21(34-19(14)31)36(20(37)17-12-33-35-18(17)24(28,29)30)13-22(9-3-2-4-10-22)15-5-7-16(8-6-15)23(25,26)27/h5-8,11-12H,2-4,9-10,13H2,1H3,(H,33,35)(H2,31,32,34). The van der Waals surface area contributed by atoms with Crippen LogP contribution in [-0.4, -0.2) is 32.6 Å². The molecular weight excluding hydrogens is 502 g/mol. The SMILES string of the molecule is Cc1cnc(N(CC2(c3ccc(C(F)(F)F)cc3)CCCCC2)C(=O)c2cn[nH]c2C(F)(F)F)nc1N. The maximum absolute atomic E-state index is 13.6. The van der Waals surface area contributed by atoms with Crippen molar-refractivity contribution in [2.24, 2.45) is 0 Å². The molecule has 1 saturated carbocycles. The van der Waals surface area contributed by atoms with Crippen molar-refractivity contribution in [3.05, 3.63) is 64.6 Å². The van der Waals surface area contributed by atoms with Crippen molar-refractivity contribution in [3.63, 3.8) is 0 Å². The van der Waals surface area contributed by atoms with Crippen LogP contribution in [0.3, 0.4) is 0 Å². The lowest BCUT2D eigenvalue weighted by Gasteiger charge is -2.41. The van der Waals surface area contributed by atoms with Crippen LogP contribution in [0.1, 0.15) is 64.8 Å². The van der Waals surface area contributed by atoms with Gasteiger partial charge in [-0.15, -0.1) is 0 Å². The molecule has 4 rings (SSSR count). The molecular formula is C24H24F6N6O. The third kappa shape index (κ3) is 5.39. The molecule has 198 valence electrons. The van der Waals surface area contributed by atoms with Crippen molar-refractivity contribution < 1.29 is 31.1 Å². The van der Waals surface area contributed by atoms with E-state index >= 15 is 0 Å². The number of carbonyl (C=O) groups is 1. The molecule has 2 aromatic heterocycles. The normalized spacial score (nSPS) is 16.0. The highest BCUT2D eigenvalue weighted by atomic mass is 19.4. The maximum Gasteiger partial charge on any atom is 0.433 e. The number of rotatable bonds is 5. The van der Waals surface area contributed by atoms with Crippen molar-refractivity contribution in [1.82, 2.24) is 20.2 Å². The molecule has 2 heterocycles. The first-order valence-corrected chi connectivity index (χ1v) is 11.5. The third-order valence-electron chi connectivity index (χ3n) is 6.73. The number of benzene rings is 1. The van der Waals surface area contributed by atoms with Crippen LogP contribution in [0, 0.1) is 6.92 Å². The van der Waals surface area contributed by atoms with Gasteiger partial charge in [-0.3, -0.25) is 14.8 Å². The minimum Gasteiger partial charge on any atom is -0.383 e. The second kappa shape index (κ2) is 9.67. The highest BCUT2D eigenvalue weighted by Crippen LogP contribution is 2.42. The molecule has 0 radical (unpaired) electrons. The van der Waals surface area contributed by atoms with Gasteiger partial charge in [-0.25, -0.2) is 4.98 Å². The molecule has 1 aromatic carbocycles. The lowest BCUT2D eigenvalue weighted by atomic mass is 9.69. The minimum atomic E-state index is -4.88. The summed E-state index contributed by atoms with van der Waals surface area (Å²) in [5.41, 5.74) is 3.25. The van der Waals surface area contributed by atoms with Gasteiger partial charge in [0.25, 0.3) is 5.91 Å². The van der Waals surface area contributed by atoms with Gasteiger partial charge in [-0.1, -0.05) is 31.4 Å². The van der Waals surface area contributed by atoms with E-state index in [-0.39, 0.29) is 18.3 Å². The Hall–Kier alpha value is -3.64. The second-order valence-corrected chi connectivity index (χ2v) is 9.20. The number of aromatic nitrogens is 4. The molecule has 7 nitrogen and oxygen atoms in total. The largest absolute Gasteiger partial charge is 0.433 e. The number of alkyl halides is 6. The van der Waals surface area contributed by atoms with Crippen LogP contribution < -0.4 is 10.6 Å². The summed E-state index contributed by atoms with van der Waals surface area (Å²) in [6.07, 6.45) is -3.95. The highest BCUT2D eigenvalue weighted by Gasteiger charge is 2.43. The molecule has 0 atom stereocenters. The first kappa shape index (κ1) is 26.4. The van der Waals surface area contributed by atoms with Crippen LogP contribution >= 0.6 is 0 Å². The molecule has 0 aliphatic heterocycles. The fraction of sp³-hybridized carbons (Fsp3) is 0.417. The van der Waals surface area contributed by atoms with Crippen LogP contribution in [-0.2, 0) is 17.8 Å². The van der Waals surface area contributed by atoms with E-state index in [1.807, 2.05) is 5.10 Å². The quantitative estimate of drug-likeness (QED) is 0.417. The topological polar surface area (TPSA) is 101 Å². The molecule has 3 N–H and O–H groups in total. The average Bonchev–Trinajstić information content (AvgIpc) is 3.35. The Morgan fingerprint density at radius 2 is 1.68 bits per heavy atom. The molecule has 13 heteroatoms. The molecule has 0 saturated heterocycles. The summed E-state index contributed by atoms with van der Waals surface area (Å²) in [6, 6.07) is 4.66. The van der Waals surface area contributed by atoms with Crippen LogP contribution in [0.4, 0.5) is 38.1 Å². The number of H-pyrrole nitrogens is 1. The Morgan fingerprint density at radius 1 is 1.03 bits per heavy atom. The summed E-state index contributed by atoms with van der Waals surface area (Å²) in [5.74, 6) is -1.22. The lowest BCUT2D eigenvalue weighted by molar-refractivity contribution is -0.141. The molecule has 0 unspecified atom stereocenters. The molecule has 0 spiro atoms. The summed E-state index contributed by atoms with van der Waals surface area (Å²) in [6.45, 7) is 1.47. The van der Waals surface area contributed by atoms with Crippen LogP contribution in [0.15, 0.2) is 36.7 Å². The molecule has 1 amide bonds. The molecule has 37 heavy (non-hydrogen) atoms. The van der Waals surface area contributed by atoms with Gasteiger partial charge in [-0.2, -0.15) is 36.4 Å². The Bertz CT molecular complexity index is 1260. The molecule has 3 aromatic rings. The van der Waals surface area contributed by atoms with Crippen LogP contribution in [0.5, 0.6) is 0 Å². The Morgan fingerprint density at radius 3 is 2.24 bits per heavy atom. The van der Waals surface area contributed by atoms with Gasteiger partial charge >= 0.3 is 12.4 Å². The smallest absolute Gasteiger partial charge is 0.383 e. The van der Waals surface area contributed by atoms with Gasteiger partial charge in [0.05, 0.1) is 17.3 Å². The van der Waals surface area contributed by atoms with Crippen molar-refractivity contribution in [2.45, 2.75) is 56.8 Å². The number of nitrogens with two attached hydrogens (primary N) is 1. The fourth-order valence-corrected chi connectivity index (χ4v) is 4.70. The zero-order chi connectivity index (χ0) is 27.0. The van der Waals surface area contributed by atoms with Crippen molar-refractivity contribution >= 4 is 17.7 Å². The van der Waals surface area contributed by atoms with Crippen LogP contribution in [0.25, 0.3) is 0 Å². The van der Waals surface area contributed by atoms with E-state index in [4.69, 9.17) is 5.73 Å². The summed E-state index contributed by atoms with van der Waals surface area (Å²) < 4.78 is 80.2. The number of aryl methyl sites for hydroxylation is 1. The molecule has 0 bridgehead atoms. The number of hydrogen-bond donors (Lipinski definition) is 2. The number of amides is 1. The first-order chi connectivity index (χ1) is 17.3. The monoisotopic (exact) mass is 526 g/mol.